The lowest BCUT2D eigenvalue weighted by Crippen LogP contribution is -2.15. The fraction of sp³-hybridized carbons (Fsp3) is 0.444. The largest absolute Gasteiger partial charge is 0.451 e. The van der Waals surface area contributed by atoms with Crippen molar-refractivity contribution in [1.29, 1.82) is 0 Å². The summed E-state index contributed by atoms with van der Waals surface area (Å²) >= 11 is 0. The Kier molecular flexibility index (Phi) is 5.97. The molecule has 0 bridgehead atoms. The lowest BCUT2D eigenvalue weighted by molar-refractivity contribution is -0.402. The highest BCUT2D eigenvalue weighted by Gasteiger charge is 2.21. The first-order chi connectivity index (χ1) is 12.2. The molecule has 2 heterocycles. The van der Waals surface area contributed by atoms with E-state index in [0.717, 1.165) is 36.5 Å². The van der Waals surface area contributed by atoms with E-state index in [4.69, 9.17) is 9.15 Å². The van der Waals surface area contributed by atoms with Gasteiger partial charge in [0.15, 0.2) is 6.61 Å². The van der Waals surface area contributed by atoms with Gasteiger partial charge in [-0.1, -0.05) is 13.8 Å². The van der Waals surface area contributed by atoms with Crippen LogP contribution in [0.1, 0.15) is 52.6 Å². The predicted molar refractivity (Wildman–Crippen MR) is 93.3 cm³/mol. The Morgan fingerprint density at radius 1 is 1.31 bits per heavy atom. The highest BCUT2D eigenvalue weighted by molar-refractivity contribution is 6.00. The number of esters is 1. The van der Waals surface area contributed by atoms with Crippen molar-refractivity contribution in [3.8, 4) is 0 Å². The van der Waals surface area contributed by atoms with Crippen LogP contribution in [0.25, 0.3) is 0 Å². The quantitative estimate of drug-likeness (QED) is 0.307. The van der Waals surface area contributed by atoms with Crippen molar-refractivity contribution in [2.45, 2.75) is 40.7 Å². The highest BCUT2D eigenvalue weighted by Crippen LogP contribution is 2.19. The van der Waals surface area contributed by atoms with Crippen LogP contribution in [0, 0.1) is 29.9 Å². The summed E-state index contributed by atoms with van der Waals surface area (Å²) in [6.07, 6.45) is 0.996. The van der Waals surface area contributed by atoms with Crippen molar-refractivity contribution in [1.82, 2.24) is 4.57 Å². The minimum absolute atomic E-state index is 0.313. The Balaban J connectivity index is 2.02. The molecule has 0 amide bonds. The predicted octanol–water partition coefficient (Wildman–Crippen LogP) is 3.69. The van der Waals surface area contributed by atoms with Crippen LogP contribution in [0.2, 0.25) is 0 Å². The molecule has 0 N–H and O–H groups in total. The van der Waals surface area contributed by atoms with Crippen LogP contribution in [0.3, 0.4) is 0 Å². The minimum atomic E-state index is -0.917. The second-order valence-electron chi connectivity index (χ2n) is 6.51. The molecule has 8 heteroatoms. The van der Waals surface area contributed by atoms with E-state index < -0.39 is 23.4 Å². The van der Waals surface area contributed by atoms with Crippen LogP contribution in [0.5, 0.6) is 0 Å². The van der Waals surface area contributed by atoms with Crippen molar-refractivity contribution in [3.05, 3.63) is 51.0 Å². The molecule has 0 radical (unpaired) electrons. The number of Topliss-reactive ketones (excluding diaryl/α,β-unsaturated/α-hetero) is 1. The van der Waals surface area contributed by atoms with E-state index in [0.29, 0.717) is 11.5 Å². The summed E-state index contributed by atoms with van der Waals surface area (Å²) in [7, 11) is 0. The molecule has 2 aromatic heterocycles. The Labute approximate surface area is 150 Å². The number of hydrogen-bond donors (Lipinski definition) is 0. The standard InChI is InChI=1S/C18H22N2O6/c1-11(2)7-8-19-12(3)9-14(13(19)4)15(21)10-25-18(22)16-5-6-17(26-16)20(23)24/h5-6,9,11H,7-8,10H2,1-4H3. The molecule has 0 aliphatic rings. The lowest BCUT2D eigenvalue weighted by atomic mass is 10.1. The molecule has 2 rings (SSSR count). The molecule has 26 heavy (non-hydrogen) atoms. The van der Waals surface area contributed by atoms with Gasteiger partial charge in [-0.25, -0.2) is 4.79 Å². The second-order valence-corrected chi connectivity index (χ2v) is 6.51. The zero-order chi connectivity index (χ0) is 19.4. The molecule has 0 saturated carbocycles. The molecule has 0 aliphatic heterocycles. The van der Waals surface area contributed by atoms with E-state index in [1.54, 1.807) is 6.07 Å². The van der Waals surface area contributed by atoms with Crippen molar-refractivity contribution in [2.24, 2.45) is 5.92 Å². The maximum atomic E-state index is 12.4. The van der Waals surface area contributed by atoms with Gasteiger partial charge in [0, 0.05) is 23.5 Å². The maximum Gasteiger partial charge on any atom is 0.433 e. The Morgan fingerprint density at radius 3 is 2.58 bits per heavy atom. The van der Waals surface area contributed by atoms with Crippen LogP contribution in [0.15, 0.2) is 22.6 Å². The van der Waals surface area contributed by atoms with Crippen molar-refractivity contribution >= 4 is 17.6 Å². The van der Waals surface area contributed by atoms with Crippen LogP contribution < -0.4 is 0 Å². The van der Waals surface area contributed by atoms with Crippen LogP contribution in [-0.4, -0.2) is 27.8 Å². The molecule has 0 spiro atoms. The summed E-state index contributed by atoms with van der Waals surface area (Å²) in [5, 5.41) is 10.6. The first-order valence-corrected chi connectivity index (χ1v) is 8.32. The zero-order valence-corrected chi connectivity index (χ0v) is 15.3. The molecule has 140 valence electrons. The lowest BCUT2D eigenvalue weighted by Gasteiger charge is -2.11. The Morgan fingerprint density at radius 2 is 2.00 bits per heavy atom. The van der Waals surface area contributed by atoms with E-state index in [1.807, 2.05) is 13.8 Å². The minimum Gasteiger partial charge on any atom is -0.451 e. The summed E-state index contributed by atoms with van der Waals surface area (Å²) in [5.74, 6) is -1.57. The first kappa shape index (κ1) is 19.4. The van der Waals surface area contributed by atoms with Gasteiger partial charge >= 0.3 is 11.9 Å². The van der Waals surface area contributed by atoms with Crippen molar-refractivity contribution < 1.29 is 23.7 Å². The molecule has 2 aromatic rings. The van der Waals surface area contributed by atoms with Crippen molar-refractivity contribution in [3.63, 3.8) is 0 Å². The highest BCUT2D eigenvalue weighted by atomic mass is 16.7. The van der Waals surface area contributed by atoms with E-state index in [1.165, 1.54) is 0 Å². The molecule has 0 aliphatic carbocycles. The van der Waals surface area contributed by atoms with Crippen molar-refractivity contribution in [2.75, 3.05) is 6.61 Å². The number of nitro groups is 1. The summed E-state index contributed by atoms with van der Waals surface area (Å²) in [4.78, 5) is 34.0. The molecule has 8 nitrogen and oxygen atoms in total. The van der Waals surface area contributed by atoms with E-state index >= 15 is 0 Å². The molecular weight excluding hydrogens is 340 g/mol. The summed E-state index contributed by atoms with van der Waals surface area (Å²) in [6.45, 7) is 8.42. The molecule has 0 saturated heterocycles. The van der Waals surface area contributed by atoms with Gasteiger partial charge in [0.1, 0.15) is 4.92 Å². The summed E-state index contributed by atoms with van der Waals surface area (Å²) in [5.41, 5.74) is 2.31. The average molecular weight is 362 g/mol. The van der Waals surface area contributed by atoms with Crippen LogP contribution >= 0.6 is 0 Å². The van der Waals surface area contributed by atoms with Gasteiger partial charge in [-0.05, 0) is 38.3 Å². The Bertz CT molecular complexity index is 831. The summed E-state index contributed by atoms with van der Waals surface area (Å²) in [6, 6.07) is 3.98. The molecule has 0 fully saturated rings. The summed E-state index contributed by atoms with van der Waals surface area (Å²) < 4.78 is 11.8. The molecule has 0 aromatic carbocycles. The number of ether oxygens (including phenoxy) is 1. The molecule has 0 atom stereocenters. The monoisotopic (exact) mass is 362 g/mol. The number of ketones is 1. The fourth-order valence-electron chi connectivity index (χ4n) is 2.63. The van der Waals surface area contributed by atoms with Gasteiger partial charge in [-0.15, -0.1) is 0 Å². The van der Waals surface area contributed by atoms with Gasteiger partial charge in [-0.3, -0.25) is 14.9 Å². The number of carbonyl (C=O) groups is 2. The topological polar surface area (TPSA) is 105 Å². The zero-order valence-electron chi connectivity index (χ0n) is 15.3. The normalized spacial score (nSPS) is 11.0. The average Bonchev–Trinajstić information content (AvgIpc) is 3.16. The maximum absolute atomic E-state index is 12.4. The number of aryl methyl sites for hydroxylation is 1. The number of rotatable bonds is 8. The first-order valence-electron chi connectivity index (χ1n) is 8.32. The third kappa shape index (κ3) is 4.38. The number of hydrogen-bond acceptors (Lipinski definition) is 6. The second kappa shape index (κ2) is 7.99. The molecule has 0 unspecified atom stereocenters. The van der Waals surface area contributed by atoms with Gasteiger partial charge in [0.25, 0.3) is 0 Å². The van der Waals surface area contributed by atoms with Gasteiger partial charge in [-0.2, -0.15) is 0 Å². The van der Waals surface area contributed by atoms with Crippen LogP contribution in [-0.2, 0) is 11.3 Å². The van der Waals surface area contributed by atoms with Gasteiger partial charge in [0.05, 0.1) is 6.07 Å². The number of nitrogens with zero attached hydrogens (tertiary/aromatic N) is 2. The smallest absolute Gasteiger partial charge is 0.433 e. The number of carbonyl (C=O) groups excluding carboxylic acids is 2. The van der Waals surface area contributed by atoms with E-state index in [9.17, 15) is 19.7 Å². The fourth-order valence-corrected chi connectivity index (χ4v) is 2.63. The van der Waals surface area contributed by atoms with E-state index in [-0.39, 0.29) is 11.5 Å². The number of aromatic nitrogens is 1. The third-order valence-electron chi connectivity index (χ3n) is 4.11. The third-order valence-corrected chi connectivity index (χ3v) is 4.11. The Hall–Kier alpha value is -2.90. The SMILES string of the molecule is Cc1cc(C(=O)COC(=O)c2ccc([N+](=O)[O-])o2)c(C)n1CCC(C)C. The van der Waals surface area contributed by atoms with E-state index in [2.05, 4.69) is 18.4 Å². The molecular formula is C18H22N2O6. The van der Waals surface area contributed by atoms with Crippen LogP contribution in [0.4, 0.5) is 5.88 Å². The van der Waals surface area contributed by atoms with Gasteiger partial charge in [0.2, 0.25) is 11.5 Å². The van der Waals surface area contributed by atoms with Gasteiger partial charge < -0.3 is 13.7 Å². The number of furan rings is 1.